The number of rotatable bonds is 5. The van der Waals surface area contributed by atoms with Gasteiger partial charge in [0, 0.05) is 41.0 Å². The van der Waals surface area contributed by atoms with E-state index in [2.05, 4.69) is 27.4 Å². The number of carbonyl (C=O) groups excluding carboxylic acids is 1. The number of aromatic amines is 1. The Hall–Kier alpha value is -3.40. The molecular formula is C22H19N3O. The van der Waals surface area contributed by atoms with Crippen LogP contribution in [0.3, 0.4) is 0 Å². The fourth-order valence-corrected chi connectivity index (χ4v) is 3.08. The number of aromatic nitrogens is 2. The highest BCUT2D eigenvalue weighted by Crippen LogP contribution is 2.18. The van der Waals surface area contributed by atoms with Crippen molar-refractivity contribution in [2.45, 2.75) is 6.42 Å². The van der Waals surface area contributed by atoms with Crippen molar-refractivity contribution in [1.29, 1.82) is 0 Å². The van der Waals surface area contributed by atoms with E-state index in [1.54, 1.807) is 6.20 Å². The summed E-state index contributed by atoms with van der Waals surface area (Å²) in [7, 11) is 0. The van der Waals surface area contributed by atoms with Crippen molar-refractivity contribution in [3.8, 4) is 11.3 Å². The van der Waals surface area contributed by atoms with Gasteiger partial charge in [0.2, 0.25) is 0 Å². The number of para-hydroxylation sites is 1. The highest BCUT2D eigenvalue weighted by atomic mass is 16.1. The molecule has 2 N–H and O–H groups in total. The van der Waals surface area contributed by atoms with Gasteiger partial charge in [-0.2, -0.15) is 0 Å². The van der Waals surface area contributed by atoms with Gasteiger partial charge >= 0.3 is 0 Å². The lowest BCUT2D eigenvalue weighted by Gasteiger charge is -2.06. The Labute approximate surface area is 151 Å². The predicted molar refractivity (Wildman–Crippen MR) is 104 cm³/mol. The average Bonchev–Trinajstić information content (AvgIpc) is 3.12. The van der Waals surface area contributed by atoms with Crippen LogP contribution in [0.2, 0.25) is 0 Å². The average molecular weight is 341 g/mol. The molecule has 1 amide bonds. The second-order valence-corrected chi connectivity index (χ2v) is 6.16. The number of carbonyl (C=O) groups is 1. The summed E-state index contributed by atoms with van der Waals surface area (Å²) in [5.74, 6) is -0.0580. The van der Waals surface area contributed by atoms with E-state index in [9.17, 15) is 4.79 Å². The van der Waals surface area contributed by atoms with E-state index in [-0.39, 0.29) is 5.91 Å². The number of nitrogens with zero attached hydrogens (tertiary/aromatic N) is 1. The molecule has 2 aromatic carbocycles. The highest BCUT2D eigenvalue weighted by molar-refractivity contribution is 5.94. The zero-order valence-corrected chi connectivity index (χ0v) is 14.3. The number of pyridine rings is 1. The van der Waals surface area contributed by atoms with Gasteiger partial charge in [-0.05, 0) is 42.3 Å². The van der Waals surface area contributed by atoms with E-state index >= 15 is 0 Å². The molecule has 128 valence electrons. The molecule has 0 saturated heterocycles. The minimum absolute atomic E-state index is 0.0580. The topological polar surface area (TPSA) is 57.8 Å². The molecule has 0 saturated carbocycles. The van der Waals surface area contributed by atoms with Gasteiger partial charge < -0.3 is 10.3 Å². The van der Waals surface area contributed by atoms with Gasteiger partial charge in [-0.1, -0.05) is 36.4 Å². The van der Waals surface area contributed by atoms with Crippen molar-refractivity contribution in [1.82, 2.24) is 15.3 Å². The molecule has 0 aliphatic heterocycles. The zero-order chi connectivity index (χ0) is 17.8. The van der Waals surface area contributed by atoms with Crippen LogP contribution in [0.25, 0.3) is 22.2 Å². The number of amides is 1. The molecule has 4 aromatic rings. The third kappa shape index (κ3) is 3.35. The van der Waals surface area contributed by atoms with Crippen molar-refractivity contribution in [2.24, 2.45) is 0 Å². The maximum atomic E-state index is 12.4. The minimum atomic E-state index is -0.0580. The summed E-state index contributed by atoms with van der Waals surface area (Å²) in [4.78, 5) is 19.9. The molecule has 0 radical (unpaired) electrons. The molecule has 26 heavy (non-hydrogen) atoms. The second-order valence-electron chi connectivity index (χ2n) is 6.16. The summed E-state index contributed by atoms with van der Waals surface area (Å²) in [5.41, 5.74) is 4.90. The molecule has 0 spiro atoms. The summed E-state index contributed by atoms with van der Waals surface area (Å²) in [5, 5.41) is 4.20. The molecule has 0 fully saturated rings. The van der Waals surface area contributed by atoms with E-state index in [4.69, 9.17) is 0 Å². The lowest BCUT2D eigenvalue weighted by molar-refractivity contribution is 0.0954. The summed E-state index contributed by atoms with van der Waals surface area (Å²) in [6, 6.07) is 21.5. The van der Waals surface area contributed by atoms with Gasteiger partial charge in [0.05, 0.1) is 5.69 Å². The third-order valence-corrected chi connectivity index (χ3v) is 4.46. The summed E-state index contributed by atoms with van der Waals surface area (Å²) in [6.07, 6.45) is 4.57. The fraction of sp³-hybridized carbons (Fsp3) is 0.0909. The molecule has 2 heterocycles. The van der Waals surface area contributed by atoms with Crippen LogP contribution in [0.15, 0.2) is 79.1 Å². The van der Waals surface area contributed by atoms with Crippen molar-refractivity contribution < 1.29 is 4.79 Å². The summed E-state index contributed by atoms with van der Waals surface area (Å²) < 4.78 is 0. The largest absolute Gasteiger partial charge is 0.361 e. The minimum Gasteiger partial charge on any atom is -0.361 e. The van der Waals surface area contributed by atoms with Gasteiger partial charge in [-0.3, -0.25) is 9.78 Å². The standard InChI is InChI=1S/C22H19N3O/c26-22(17-10-8-16(9-11-17)20-6-3-4-13-23-20)24-14-12-18-15-25-21-7-2-1-5-19(18)21/h1-11,13,15,25H,12,14H2,(H,24,26). The van der Waals surface area contributed by atoms with E-state index in [1.165, 1.54) is 10.9 Å². The van der Waals surface area contributed by atoms with E-state index < -0.39 is 0 Å². The van der Waals surface area contributed by atoms with Crippen LogP contribution in [0.4, 0.5) is 0 Å². The maximum absolute atomic E-state index is 12.4. The molecule has 4 heteroatoms. The Bertz CT molecular complexity index is 1020. The predicted octanol–water partition coefficient (Wildman–Crippen LogP) is 4.20. The van der Waals surface area contributed by atoms with Crippen LogP contribution < -0.4 is 5.32 Å². The van der Waals surface area contributed by atoms with Crippen molar-refractivity contribution in [3.63, 3.8) is 0 Å². The first kappa shape index (κ1) is 16.1. The smallest absolute Gasteiger partial charge is 0.251 e. The lowest BCUT2D eigenvalue weighted by atomic mass is 10.1. The van der Waals surface area contributed by atoms with Gasteiger partial charge in [0.25, 0.3) is 5.91 Å². The molecular weight excluding hydrogens is 322 g/mol. The van der Waals surface area contributed by atoms with Gasteiger partial charge in [-0.25, -0.2) is 0 Å². The Balaban J connectivity index is 1.37. The first-order valence-electron chi connectivity index (χ1n) is 8.66. The number of hydrogen-bond acceptors (Lipinski definition) is 2. The molecule has 4 rings (SSSR count). The molecule has 0 atom stereocenters. The van der Waals surface area contributed by atoms with E-state index in [1.807, 2.05) is 60.8 Å². The van der Waals surface area contributed by atoms with Gasteiger partial charge in [0.1, 0.15) is 0 Å². The monoisotopic (exact) mass is 341 g/mol. The maximum Gasteiger partial charge on any atom is 0.251 e. The van der Waals surface area contributed by atoms with Crippen LogP contribution in [-0.4, -0.2) is 22.4 Å². The summed E-state index contributed by atoms with van der Waals surface area (Å²) in [6.45, 7) is 0.600. The van der Waals surface area contributed by atoms with Crippen molar-refractivity contribution in [2.75, 3.05) is 6.54 Å². The fourth-order valence-electron chi connectivity index (χ4n) is 3.08. The Kier molecular flexibility index (Phi) is 4.48. The molecule has 0 unspecified atom stereocenters. The Morgan fingerprint density at radius 3 is 2.58 bits per heavy atom. The number of fused-ring (bicyclic) bond motifs is 1. The van der Waals surface area contributed by atoms with Crippen LogP contribution in [0, 0.1) is 0 Å². The number of benzene rings is 2. The molecule has 2 aromatic heterocycles. The highest BCUT2D eigenvalue weighted by Gasteiger charge is 2.07. The third-order valence-electron chi connectivity index (χ3n) is 4.46. The lowest BCUT2D eigenvalue weighted by Crippen LogP contribution is -2.25. The van der Waals surface area contributed by atoms with E-state index in [0.29, 0.717) is 12.1 Å². The van der Waals surface area contributed by atoms with Crippen molar-refractivity contribution in [3.05, 3.63) is 90.3 Å². The van der Waals surface area contributed by atoms with Gasteiger partial charge in [-0.15, -0.1) is 0 Å². The quantitative estimate of drug-likeness (QED) is 0.571. The molecule has 0 aliphatic carbocycles. The van der Waals surface area contributed by atoms with Crippen LogP contribution >= 0.6 is 0 Å². The number of H-pyrrole nitrogens is 1. The van der Waals surface area contributed by atoms with Crippen molar-refractivity contribution >= 4 is 16.8 Å². The molecule has 0 aliphatic rings. The normalized spacial score (nSPS) is 10.8. The molecule has 0 bridgehead atoms. The van der Waals surface area contributed by atoms with Crippen LogP contribution in [0.1, 0.15) is 15.9 Å². The first-order valence-corrected chi connectivity index (χ1v) is 8.66. The zero-order valence-electron chi connectivity index (χ0n) is 14.3. The van der Waals surface area contributed by atoms with Crippen LogP contribution in [0.5, 0.6) is 0 Å². The SMILES string of the molecule is O=C(NCCc1c[nH]c2ccccc12)c1ccc(-c2ccccn2)cc1. The number of nitrogens with one attached hydrogen (secondary N) is 2. The van der Waals surface area contributed by atoms with Gasteiger partial charge in [0.15, 0.2) is 0 Å². The summed E-state index contributed by atoms with van der Waals surface area (Å²) >= 11 is 0. The van der Waals surface area contributed by atoms with Crippen LogP contribution in [-0.2, 0) is 6.42 Å². The Morgan fingerprint density at radius 2 is 1.77 bits per heavy atom. The second kappa shape index (κ2) is 7.23. The molecule has 4 nitrogen and oxygen atoms in total. The first-order chi connectivity index (χ1) is 12.8. The van der Waals surface area contributed by atoms with E-state index in [0.717, 1.165) is 23.2 Å². The number of hydrogen-bond donors (Lipinski definition) is 2. The Morgan fingerprint density at radius 1 is 0.962 bits per heavy atom.